The van der Waals surface area contributed by atoms with Crippen LogP contribution < -0.4 is 5.32 Å². The molecular weight excluding hydrogens is 276 g/mol. The fourth-order valence-corrected chi connectivity index (χ4v) is 2.79. The monoisotopic (exact) mass is 290 g/mol. The Morgan fingerprint density at radius 2 is 1.91 bits per heavy atom. The van der Waals surface area contributed by atoms with Crippen LogP contribution in [-0.2, 0) is 7.05 Å². The minimum atomic E-state index is -0.148. The molecule has 0 aliphatic carbocycles. The summed E-state index contributed by atoms with van der Waals surface area (Å²) in [5.41, 5.74) is 3.00. The maximum Gasteiger partial charge on any atom is 0.272 e. The number of aryl methyl sites for hydroxylation is 1. The smallest absolute Gasteiger partial charge is 0.272 e. The Bertz CT molecular complexity index is 989. The second kappa shape index (κ2) is 4.77. The summed E-state index contributed by atoms with van der Waals surface area (Å²) in [5, 5.41) is 5.11. The van der Waals surface area contributed by atoms with Gasteiger partial charge in [-0.1, -0.05) is 36.4 Å². The zero-order valence-electron chi connectivity index (χ0n) is 12.0. The molecule has 2 aromatic carbocycles. The molecule has 0 aliphatic heterocycles. The van der Waals surface area contributed by atoms with Gasteiger partial charge in [0.2, 0.25) is 0 Å². The molecule has 0 saturated carbocycles. The van der Waals surface area contributed by atoms with Crippen molar-refractivity contribution in [2.24, 2.45) is 7.05 Å². The van der Waals surface area contributed by atoms with E-state index in [1.54, 1.807) is 12.3 Å². The lowest BCUT2D eigenvalue weighted by atomic mass is 10.1. The molecule has 0 aliphatic rings. The Morgan fingerprint density at radius 3 is 2.77 bits per heavy atom. The number of hydrogen-bond acceptors (Lipinski definition) is 2. The van der Waals surface area contributed by atoms with Crippen molar-refractivity contribution < 1.29 is 9.21 Å². The lowest BCUT2D eigenvalue weighted by molar-refractivity contribution is 0.102. The average molecular weight is 290 g/mol. The van der Waals surface area contributed by atoms with Crippen molar-refractivity contribution in [3.05, 3.63) is 66.6 Å². The molecule has 2 heterocycles. The molecule has 0 unspecified atom stereocenters. The number of nitrogens with zero attached hydrogens (tertiary/aromatic N) is 1. The summed E-state index contributed by atoms with van der Waals surface area (Å²) in [5.74, 6) is -0.148. The van der Waals surface area contributed by atoms with Gasteiger partial charge in [0.15, 0.2) is 5.58 Å². The van der Waals surface area contributed by atoms with Gasteiger partial charge in [0.1, 0.15) is 5.69 Å². The molecule has 0 fully saturated rings. The summed E-state index contributed by atoms with van der Waals surface area (Å²) >= 11 is 0. The molecule has 0 atom stereocenters. The van der Waals surface area contributed by atoms with Crippen molar-refractivity contribution in [1.29, 1.82) is 0 Å². The van der Waals surface area contributed by atoms with Crippen LogP contribution in [0.15, 0.2) is 65.3 Å². The molecule has 108 valence electrons. The van der Waals surface area contributed by atoms with Gasteiger partial charge in [0, 0.05) is 30.3 Å². The zero-order valence-corrected chi connectivity index (χ0v) is 12.0. The van der Waals surface area contributed by atoms with Crippen LogP contribution in [0.3, 0.4) is 0 Å². The number of aromatic nitrogens is 1. The van der Waals surface area contributed by atoms with E-state index in [9.17, 15) is 4.79 Å². The number of amides is 1. The number of anilines is 1. The quantitative estimate of drug-likeness (QED) is 0.602. The highest BCUT2D eigenvalue weighted by atomic mass is 16.3. The second-order valence-electron chi connectivity index (χ2n) is 5.24. The first-order chi connectivity index (χ1) is 10.7. The molecule has 0 bridgehead atoms. The molecule has 4 heteroatoms. The summed E-state index contributed by atoms with van der Waals surface area (Å²) in [6, 6.07) is 17.5. The van der Waals surface area contributed by atoms with Crippen molar-refractivity contribution in [1.82, 2.24) is 4.57 Å². The Hall–Kier alpha value is -3.01. The number of fused-ring (bicyclic) bond motifs is 2. The van der Waals surface area contributed by atoms with Gasteiger partial charge in [0.25, 0.3) is 5.91 Å². The molecule has 1 N–H and O–H groups in total. The lowest BCUT2D eigenvalue weighted by Crippen LogP contribution is -2.15. The van der Waals surface area contributed by atoms with Gasteiger partial charge in [-0.2, -0.15) is 0 Å². The number of furan rings is 1. The van der Waals surface area contributed by atoms with Crippen molar-refractivity contribution in [3.8, 4) is 0 Å². The van der Waals surface area contributed by atoms with Crippen molar-refractivity contribution in [2.45, 2.75) is 0 Å². The highest BCUT2D eigenvalue weighted by Gasteiger charge is 2.15. The van der Waals surface area contributed by atoms with Crippen LogP contribution in [0.1, 0.15) is 10.5 Å². The molecule has 4 nitrogen and oxygen atoms in total. The van der Waals surface area contributed by atoms with Crippen molar-refractivity contribution >= 4 is 33.5 Å². The highest BCUT2D eigenvalue weighted by Crippen LogP contribution is 2.25. The van der Waals surface area contributed by atoms with Crippen LogP contribution in [0.5, 0.6) is 0 Å². The van der Waals surface area contributed by atoms with Crippen LogP contribution in [-0.4, -0.2) is 10.5 Å². The van der Waals surface area contributed by atoms with E-state index in [2.05, 4.69) is 5.32 Å². The Balaban J connectivity index is 1.74. The standard InChI is InChI=1S/C18H14N2O2/c1-20-15-9-10-22-17(15)11-16(20)18(21)19-14-8-4-6-12-5-2-3-7-13(12)14/h2-11H,1H3,(H,19,21). The highest BCUT2D eigenvalue weighted by molar-refractivity contribution is 6.10. The average Bonchev–Trinajstić information content (AvgIpc) is 3.11. The topological polar surface area (TPSA) is 47.2 Å². The Morgan fingerprint density at radius 1 is 1.09 bits per heavy atom. The van der Waals surface area contributed by atoms with Crippen LogP contribution in [0.4, 0.5) is 5.69 Å². The minimum absolute atomic E-state index is 0.148. The van der Waals surface area contributed by atoms with E-state index < -0.39 is 0 Å². The van der Waals surface area contributed by atoms with E-state index in [1.807, 2.05) is 60.1 Å². The first-order valence-corrected chi connectivity index (χ1v) is 7.06. The normalized spacial score (nSPS) is 11.1. The van der Waals surface area contributed by atoms with E-state index in [0.717, 1.165) is 22.0 Å². The van der Waals surface area contributed by atoms with Gasteiger partial charge in [-0.15, -0.1) is 0 Å². The molecule has 1 amide bonds. The maximum atomic E-state index is 12.6. The maximum absolute atomic E-state index is 12.6. The summed E-state index contributed by atoms with van der Waals surface area (Å²) in [7, 11) is 1.86. The van der Waals surface area contributed by atoms with E-state index in [4.69, 9.17) is 4.42 Å². The molecule has 0 spiro atoms. The number of hydrogen-bond donors (Lipinski definition) is 1. The first kappa shape index (κ1) is 12.7. The Labute approximate surface area is 127 Å². The first-order valence-electron chi connectivity index (χ1n) is 7.06. The summed E-state index contributed by atoms with van der Waals surface area (Å²) in [6.07, 6.45) is 1.62. The van der Waals surface area contributed by atoms with Crippen LogP contribution >= 0.6 is 0 Å². The van der Waals surface area contributed by atoms with Crippen molar-refractivity contribution in [2.75, 3.05) is 5.32 Å². The third kappa shape index (κ3) is 1.89. The van der Waals surface area contributed by atoms with Crippen molar-refractivity contribution in [3.63, 3.8) is 0 Å². The SMILES string of the molecule is Cn1c(C(=O)Nc2cccc3ccccc23)cc2occc21. The van der Waals surface area contributed by atoms with Crippen LogP contribution in [0.2, 0.25) is 0 Å². The van der Waals surface area contributed by atoms with E-state index in [1.165, 1.54) is 0 Å². The van der Waals surface area contributed by atoms with Crippen LogP contribution in [0.25, 0.3) is 21.9 Å². The van der Waals surface area contributed by atoms with Gasteiger partial charge < -0.3 is 14.3 Å². The summed E-state index contributed by atoms with van der Waals surface area (Å²) < 4.78 is 7.18. The molecular formula is C18H14N2O2. The number of benzene rings is 2. The van der Waals surface area contributed by atoms with Crippen LogP contribution in [0, 0.1) is 0 Å². The lowest BCUT2D eigenvalue weighted by Gasteiger charge is -2.09. The van der Waals surface area contributed by atoms with E-state index >= 15 is 0 Å². The zero-order chi connectivity index (χ0) is 15.1. The molecule has 22 heavy (non-hydrogen) atoms. The van der Waals surface area contributed by atoms with E-state index in [0.29, 0.717) is 11.3 Å². The third-order valence-electron chi connectivity index (χ3n) is 3.93. The van der Waals surface area contributed by atoms with Gasteiger partial charge in [-0.25, -0.2) is 0 Å². The molecule has 4 rings (SSSR count). The number of carbonyl (C=O) groups is 1. The van der Waals surface area contributed by atoms with Gasteiger partial charge in [-0.05, 0) is 11.5 Å². The second-order valence-corrected chi connectivity index (χ2v) is 5.24. The van der Waals surface area contributed by atoms with Gasteiger partial charge in [0.05, 0.1) is 11.8 Å². The minimum Gasteiger partial charge on any atom is -0.463 e. The molecule has 4 aromatic rings. The number of rotatable bonds is 2. The fourth-order valence-electron chi connectivity index (χ4n) is 2.79. The van der Waals surface area contributed by atoms with Gasteiger partial charge in [-0.3, -0.25) is 4.79 Å². The predicted molar refractivity (Wildman–Crippen MR) is 87.1 cm³/mol. The Kier molecular flexibility index (Phi) is 2.76. The fraction of sp³-hybridized carbons (Fsp3) is 0.0556. The number of nitrogens with one attached hydrogen (secondary N) is 1. The largest absolute Gasteiger partial charge is 0.463 e. The van der Waals surface area contributed by atoms with E-state index in [-0.39, 0.29) is 5.91 Å². The molecule has 2 aromatic heterocycles. The molecule has 0 saturated heterocycles. The predicted octanol–water partition coefficient (Wildman–Crippen LogP) is 4.18. The van der Waals surface area contributed by atoms with Gasteiger partial charge >= 0.3 is 0 Å². The summed E-state index contributed by atoms with van der Waals surface area (Å²) in [4.78, 5) is 12.6. The third-order valence-corrected chi connectivity index (χ3v) is 3.93. The number of carbonyl (C=O) groups excluding carboxylic acids is 1. The molecule has 0 radical (unpaired) electrons. The summed E-state index contributed by atoms with van der Waals surface area (Å²) in [6.45, 7) is 0.